The molecule has 148 valence electrons. The van der Waals surface area contributed by atoms with Crippen LogP contribution in [0.25, 0.3) is 0 Å². The first-order valence-corrected chi connectivity index (χ1v) is 10.3. The minimum absolute atomic E-state index is 0.0119. The van der Waals surface area contributed by atoms with Crippen molar-refractivity contribution in [1.29, 1.82) is 0 Å². The molecule has 0 aliphatic heterocycles. The Hall–Kier alpha value is -3.18. The number of amides is 2. The number of rotatable bonds is 9. The lowest BCUT2D eigenvalue weighted by atomic mass is 10.2. The van der Waals surface area contributed by atoms with Gasteiger partial charge in [0, 0.05) is 23.5 Å². The zero-order valence-corrected chi connectivity index (χ0v) is 17.1. The third kappa shape index (κ3) is 5.90. The van der Waals surface area contributed by atoms with Gasteiger partial charge in [0.05, 0.1) is 6.54 Å². The summed E-state index contributed by atoms with van der Waals surface area (Å²) < 4.78 is 0. The molecule has 0 bridgehead atoms. The number of carbonyl (C=O) groups is 2. The summed E-state index contributed by atoms with van der Waals surface area (Å²) in [4.78, 5) is 30.5. The number of thiophene rings is 1. The predicted molar refractivity (Wildman–Crippen MR) is 118 cm³/mol. The van der Waals surface area contributed by atoms with Crippen molar-refractivity contribution in [3.63, 3.8) is 0 Å². The Morgan fingerprint density at radius 3 is 2.17 bits per heavy atom. The highest BCUT2D eigenvalue weighted by Crippen LogP contribution is 2.16. The molecule has 1 heterocycles. The molecule has 3 rings (SSSR count). The van der Waals surface area contributed by atoms with Gasteiger partial charge in [-0.2, -0.15) is 0 Å². The van der Waals surface area contributed by atoms with Crippen molar-refractivity contribution in [2.75, 3.05) is 13.1 Å². The first kappa shape index (κ1) is 20.6. The summed E-state index contributed by atoms with van der Waals surface area (Å²) in [5, 5.41) is 2.00. The predicted octanol–water partition coefficient (Wildman–Crippen LogP) is 4.61. The van der Waals surface area contributed by atoms with E-state index in [1.165, 1.54) is 4.90 Å². The van der Waals surface area contributed by atoms with Crippen LogP contribution in [-0.2, 0) is 17.9 Å². The summed E-state index contributed by atoms with van der Waals surface area (Å²) in [6.45, 7) is 5.09. The van der Waals surface area contributed by atoms with E-state index in [0.29, 0.717) is 25.2 Å². The largest absolute Gasteiger partial charge is 0.332 e. The molecule has 2 amide bonds. The van der Waals surface area contributed by atoms with Gasteiger partial charge in [-0.1, -0.05) is 60.7 Å². The summed E-state index contributed by atoms with van der Waals surface area (Å²) in [5.74, 6) is -0.261. The van der Waals surface area contributed by atoms with E-state index >= 15 is 0 Å². The van der Waals surface area contributed by atoms with Gasteiger partial charge in [-0.3, -0.25) is 9.59 Å². The quantitative estimate of drug-likeness (QED) is 0.489. The number of benzene rings is 2. The molecule has 0 radical (unpaired) electrons. The highest BCUT2D eigenvalue weighted by molar-refractivity contribution is 7.09. The highest BCUT2D eigenvalue weighted by Gasteiger charge is 2.22. The first-order valence-electron chi connectivity index (χ1n) is 9.46. The molecule has 0 N–H and O–H groups in total. The van der Waals surface area contributed by atoms with Crippen LogP contribution in [0.1, 0.15) is 20.8 Å². The third-order valence-corrected chi connectivity index (χ3v) is 5.34. The van der Waals surface area contributed by atoms with E-state index < -0.39 is 0 Å². The Bertz CT molecular complexity index is 924. The second-order valence-electron chi connectivity index (χ2n) is 6.66. The molecular formula is C24H24N2O2S. The average Bonchev–Trinajstić information content (AvgIpc) is 3.27. The zero-order chi connectivity index (χ0) is 20.5. The van der Waals surface area contributed by atoms with Gasteiger partial charge in [-0.05, 0) is 29.1 Å². The molecule has 0 fully saturated rings. The molecular weight excluding hydrogens is 380 g/mol. The van der Waals surface area contributed by atoms with Gasteiger partial charge in [0.25, 0.3) is 5.91 Å². The van der Waals surface area contributed by atoms with Crippen molar-refractivity contribution in [3.05, 3.63) is 107 Å². The summed E-state index contributed by atoms with van der Waals surface area (Å²) in [5.41, 5.74) is 1.62. The lowest BCUT2D eigenvalue weighted by Gasteiger charge is -2.27. The smallest absolute Gasteiger partial charge is 0.254 e. The minimum Gasteiger partial charge on any atom is -0.332 e. The Balaban J connectivity index is 1.77. The van der Waals surface area contributed by atoms with E-state index in [2.05, 4.69) is 6.58 Å². The zero-order valence-electron chi connectivity index (χ0n) is 16.2. The second kappa shape index (κ2) is 10.4. The summed E-state index contributed by atoms with van der Waals surface area (Å²) in [6.07, 6.45) is 1.65. The Morgan fingerprint density at radius 1 is 0.862 bits per heavy atom. The topological polar surface area (TPSA) is 40.6 Å². The van der Waals surface area contributed by atoms with E-state index in [-0.39, 0.29) is 18.4 Å². The molecule has 3 aromatic rings. The van der Waals surface area contributed by atoms with Crippen LogP contribution in [0.15, 0.2) is 90.8 Å². The third-order valence-electron chi connectivity index (χ3n) is 4.48. The van der Waals surface area contributed by atoms with Gasteiger partial charge in [0.1, 0.15) is 6.54 Å². The van der Waals surface area contributed by atoms with Gasteiger partial charge < -0.3 is 9.80 Å². The molecule has 29 heavy (non-hydrogen) atoms. The van der Waals surface area contributed by atoms with E-state index in [9.17, 15) is 9.59 Å². The van der Waals surface area contributed by atoms with Crippen molar-refractivity contribution >= 4 is 23.2 Å². The maximum absolute atomic E-state index is 13.2. The van der Waals surface area contributed by atoms with Gasteiger partial charge in [0.2, 0.25) is 5.91 Å². The van der Waals surface area contributed by atoms with Gasteiger partial charge in [-0.25, -0.2) is 0 Å². The first-order chi connectivity index (χ1) is 14.2. The maximum atomic E-state index is 13.2. The summed E-state index contributed by atoms with van der Waals surface area (Å²) >= 11 is 1.62. The Kier molecular flexibility index (Phi) is 7.36. The fraction of sp³-hybridized carbons (Fsp3) is 0.167. The Morgan fingerprint density at radius 2 is 1.55 bits per heavy atom. The molecule has 0 saturated carbocycles. The van der Waals surface area contributed by atoms with E-state index in [1.807, 2.05) is 66.0 Å². The van der Waals surface area contributed by atoms with Crippen LogP contribution in [0.3, 0.4) is 0 Å². The van der Waals surface area contributed by atoms with Gasteiger partial charge >= 0.3 is 0 Å². The summed E-state index contributed by atoms with van der Waals surface area (Å²) in [6, 6.07) is 22.9. The summed E-state index contributed by atoms with van der Waals surface area (Å²) in [7, 11) is 0. The number of nitrogens with zero attached hydrogens (tertiary/aromatic N) is 2. The maximum Gasteiger partial charge on any atom is 0.254 e. The lowest BCUT2D eigenvalue weighted by Crippen LogP contribution is -2.42. The van der Waals surface area contributed by atoms with Crippen LogP contribution < -0.4 is 0 Å². The molecule has 1 aromatic heterocycles. The fourth-order valence-corrected chi connectivity index (χ4v) is 3.75. The van der Waals surface area contributed by atoms with Gasteiger partial charge in [-0.15, -0.1) is 17.9 Å². The van der Waals surface area contributed by atoms with E-state index in [1.54, 1.807) is 34.4 Å². The molecule has 0 unspecified atom stereocenters. The molecule has 0 atom stereocenters. The number of carbonyl (C=O) groups excluding carboxylic acids is 2. The molecule has 0 aliphatic carbocycles. The van der Waals surface area contributed by atoms with Crippen LogP contribution in [-0.4, -0.2) is 34.7 Å². The minimum atomic E-state index is -0.172. The fourth-order valence-electron chi connectivity index (χ4n) is 3.03. The molecule has 4 nitrogen and oxygen atoms in total. The van der Waals surface area contributed by atoms with Crippen LogP contribution in [0.2, 0.25) is 0 Å². The molecule has 0 aliphatic rings. The monoisotopic (exact) mass is 404 g/mol. The average molecular weight is 405 g/mol. The van der Waals surface area contributed by atoms with Gasteiger partial charge in [0.15, 0.2) is 0 Å². The lowest BCUT2D eigenvalue weighted by molar-refractivity contribution is -0.133. The van der Waals surface area contributed by atoms with Crippen LogP contribution >= 0.6 is 11.3 Å². The second-order valence-corrected chi connectivity index (χ2v) is 7.69. The van der Waals surface area contributed by atoms with Crippen LogP contribution in [0.5, 0.6) is 0 Å². The normalized spacial score (nSPS) is 10.3. The SMILES string of the molecule is C=CCN(CC(=O)N(Cc1ccccc1)Cc1cccs1)C(=O)c1ccccc1. The molecule has 5 heteroatoms. The number of hydrogen-bond acceptors (Lipinski definition) is 3. The van der Waals surface area contributed by atoms with Crippen molar-refractivity contribution in [3.8, 4) is 0 Å². The van der Waals surface area contributed by atoms with E-state index in [4.69, 9.17) is 0 Å². The van der Waals surface area contributed by atoms with Crippen molar-refractivity contribution in [2.24, 2.45) is 0 Å². The molecule has 0 spiro atoms. The molecule has 2 aromatic carbocycles. The Labute approximate surface area is 175 Å². The van der Waals surface area contributed by atoms with Crippen LogP contribution in [0.4, 0.5) is 0 Å². The highest BCUT2D eigenvalue weighted by atomic mass is 32.1. The van der Waals surface area contributed by atoms with E-state index in [0.717, 1.165) is 10.4 Å². The standard InChI is InChI=1S/C24H24N2O2S/c1-2-15-25(24(28)21-12-7-4-8-13-21)19-23(27)26(18-22-14-9-16-29-22)17-20-10-5-3-6-11-20/h2-14,16H,1,15,17-19H2. The van der Waals surface area contributed by atoms with Crippen molar-refractivity contribution in [2.45, 2.75) is 13.1 Å². The van der Waals surface area contributed by atoms with Crippen molar-refractivity contribution < 1.29 is 9.59 Å². The molecule has 0 saturated heterocycles. The number of hydrogen-bond donors (Lipinski definition) is 0. The van der Waals surface area contributed by atoms with Crippen LogP contribution in [0, 0.1) is 0 Å². The van der Waals surface area contributed by atoms with Crippen molar-refractivity contribution in [1.82, 2.24) is 9.80 Å².